The number of hydrogen-bond donors (Lipinski definition) is 3. The Kier molecular flexibility index (Phi) is 7.05. The average Bonchev–Trinajstić information content (AvgIpc) is 3.47. The van der Waals surface area contributed by atoms with Crippen molar-refractivity contribution in [2.75, 3.05) is 17.7 Å². The van der Waals surface area contributed by atoms with Gasteiger partial charge in [-0.15, -0.1) is 11.3 Å². The molecule has 3 N–H and O–H groups in total. The molecule has 9 nitrogen and oxygen atoms in total. The van der Waals surface area contributed by atoms with E-state index in [9.17, 15) is 13.2 Å². The quantitative estimate of drug-likeness (QED) is 0.478. The molecule has 1 amide bonds. The molecule has 12 heteroatoms. The van der Waals surface area contributed by atoms with Crippen LogP contribution < -0.4 is 16.0 Å². The van der Waals surface area contributed by atoms with E-state index >= 15 is 0 Å². The van der Waals surface area contributed by atoms with Crippen LogP contribution in [0.4, 0.5) is 10.8 Å². The zero-order valence-corrected chi connectivity index (χ0v) is 22.6. The zero-order valence-electron chi connectivity index (χ0n) is 20.1. The topological polar surface area (TPSA) is 108 Å². The van der Waals surface area contributed by atoms with Crippen molar-refractivity contribution in [2.45, 2.75) is 69.9 Å². The van der Waals surface area contributed by atoms with Gasteiger partial charge < -0.3 is 16.0 Å². The molecule has 1 atom stereocenters. The first-order chi connectivity index (χ1) is 16.0. The normalized spacial score (nSPS) is 18.1. The van der Waals surface area contributed by atoms with Gasteiger partial charge in [0.25, 0.3) is 0 Å². The maximum atomic E-state index is 13.6. The van der Waals surface area contributed by atoms with Crippen LogP contribution in [0.5, 0.6) is 0 Å². The number of sulfonamides is 1. The van der Waals surface area contributed by atoms with Crippen molar-refractivity contribution in [1.82, 2.24) is 19.4 Å². The lowest BCUT2D eigenvalue weighted by Crippen LogP contribution is -2.41. The number of carbonyl (C=O) groups is 1. The predicted octanol–water partition coefficient (Wildman–Crippen LogP) is 3.01. The summed E-state index contributed by atoms with van der Waals surface area (Å²) in [5.41, 5.74) is 1.67. The van der Waals surface area contributed by atoms with E-state index in [2.05, 4.69) is 21.0 Å². The molecule has 0 aliphatic heterocycles. The van der Waals surface area contributed by atoms with Gasteiger partial charge in [0.15, 0.2) is 5.11 Å². The van der Waals surface area contributed by atoms with Crippen LogP contribution in [-0.4, -0.2) is 52.7 Å². The molecule has 0 radical (unpaired) electrons. The molecule has 0 aromatic carbocycles. The Morgan fingerprint density at radius 2 is 2.00 bits per heavy atom. The van der Waals surface area contributed by atoms with Gasteiger partial charge >= 0.3 is 0 Å². The molecule has 0 bridgehead atoms. The van der Waals surface area contributed by atoms with E-state index in [1.807, 2.05) is 33.9 Å². The van der Waals surface area contributed by atoms with E-state index in [0.29, 0.717) is 16.5 Å². The standard InChI is InChI=1S/C22H32N6O3S3/c1-12(2)28(5)34(30,31)19-16-11-15(23-22(32)24-18-10-13(3)26-27(18)4)8-9-17(16)33-21(19)25-20(29)14-6-7-14/h10,12,14-15H,6-9,11H2,1-5H3,(H,25,29)(H2,23,24,32). The van der Waals surface area contributed by atoms with Crippen molar-refractivity contribution in [3.8, 4) is 0 Å². The van der Waals surface area contributed by atoms with E-state index in [4.69, 9.17) is 12.2 Å². The smallest absolute Gasteiger partial charge is 0.246 e. The highest BCUT2D eigenvalue weighted by Crippen LogP contribution is 2.43. The third-order valence-corrected chi connectivity index (χ3v) is 10.0. The van der Waals surface area contributed by atoms with Gasteiger partial charge in [0, 0.05) is 43.0 Å². The van der Waals surface area contributed by atoms with Crippen molar-refractivity contribution in [2.24, 2.45) is 13.0 Å². The minimum atomic E-state index is -3.78. The maximum absolute atomic E-state index is 13.6. The minimum Gasteiger partial charge on any atom is -0.359 e. The number of rotatable bonds is 7. The number of nitrogens with zero attached hydrogens (tertiary/aromatic N) is 3. The fourth-order valence-electron chi connectivity index (χ4n) is 4.08. The average molecular weight is 525 g/mol. The third kappa shape index (κ3) is 5.14. The van der Waals surface area contributed by atoms with Gasteiger partial charge in [0.05, 0.1) is 5.69 Å². The monoisotopic (exact) mass is 524 g/mol. The van der Waals surface area contributed by atoms with Gasteiger partial charge in [0.2, 0.25) is 15.9 Å². The van der Waals surface area contributed by atoms with Crippen LogP contribution in [0, 0.1) is 12.8 Å². The van der Waals surface area contributed by atoms with Gasteiger partial charge in [-0.3, -0.25) is 9.48 Å². The van der Waals surface area contributed by atoms with Gasteiger partial charge in [-0.1, -0.05) is 0 Å². The second-order valence-corrected chi connectivity index (χ2v) is 12.8. The van der Waals surface area contributed by atoms with Crippen LogP contribution in [0.25, 0.3) is 0 Å². The third-order valence-electron chi connectivity index (χ3n) is 6.34. The summed E-state index contributed by atoms with van der Waals surface area (Å²) in [6.07, 6.45) is 3.76. The van der Waals surface area contributed by atoms with Crippen LogP contribution in [-0.2, 0) is 34.7 Å². The second-order valence-electron chi connectivity index (χ2n) is 9.37. The molecule has 2 heterocycles. The summed E-state index contributed by atoms with van der Waals surface area (Å²) in [7, 11) is -0.349. The Hall–Kier alpha value is -2.02. The molecule has 1 saturated carbocycles. The van der Waals surface area contributed by atoms with Crippen molar-refractivity contribution in [3.63, 3.8) is 0 Å². The highest BCUT2D eigenvalue weighted by molar-refractivity contribution is 7.89. The van der Waals surface area contributed by atoms with Gasteiger partial charge in [-0.2, -0.15) is 9.40 Å². The Morgan fingerprint density at radius 1 is 1.29 bits per heavy atom. The fourth-order valence-corrected chi connectivity index (χ4v) is 7.65. The summed E-state index contributed by atoms with van der Waals surface area (Å²) >= 11 is 6.91. The number of nitrogens with one attached hydrogen (secondary N) is 3. The number of aryl methyl sites for hydroxylation is 3. The molecule has 186 valence electrons. The fraction of sp³-hybridized carbons (Fsp3) is 0.591. The highest BCUT2D eigenvalue weighted by Gasteiger charge is 2.38. The Labute approximate surface area is 210 Å². The number of carbonyl (C=O) groups excluding carboxylic acids is 1. The van der Waals surface area contributed by atoms with Gasteiger partial charge in [-0.25, -0.2) is 8.42 Å². The van der Waals surface area contributed by atoms with E-state index in [1.165, 1.54) is 15.6 Å². The van der Waals surface area contributed by atoms with Crippen LogP contribution in [0.3, 0.4) is 0 Å². The number of fused-ring (bicyclic) bond motifs is 1. The van der Waals surface area contributed by atoms with Crippen LogP contribution in [0.1, 0.15) is 49.2 Å². The lowest BCUT2D eigenvalue weighted by Gasteiger charge is -2.27. The molecule has 2 aromatic heterocycles. The molecule has 34 heavy (non-hydrogen) atoms. The summed E-state index contributed by atoms with van der Waals surface area (Å²) in [4.78, 5) is 13.8. The molecule has 2 aliphatic carbocycles. The summed E-state index contributed by atoms with van der Waals surface area (Å²) in [5, 5.41) is 14.7. The largest absolute Gasteiger partial charge is 0.359 e. The van der Waals surface area contributed by atoms with Crippen molar-refractivity contribution in [1.29, 1.82) is 0 Å². The maximum Gasteiger partial charge on any atom is 0.246 e. The molecule has 1 unspecified atom stereocenters. The highest BCUT2D eigenvalue weighted by atomic mass is 32.2. The lowest BCUT2D eigenvalue weighted by molar-refractivity contribution is -0.117. The van der Waals surface area contributed by atoms with Crippen LogP contribution >= 0.6 is 23.6 Å². The first-order valence-electron chi connectivity index (χ1n) is 11.5. The number of anilines is 2. The minimum absolute atomic E-state index is 0.00832. The lowest BCUT2D eigenvalue weighted by atomic mass is 9.94. The number of thiocarbonyl (C=S) groups is 1. The Morgan fingerprint density at radius 3 is 2.59 bits per heavy atom. The predicted molar refractivity (Wildman–Crippen MR) is 139 cm³/mol. The molecular formula is C22H32N6O3S3. The number of thiophene rings is 1. The Balaban J connectivity index is 1.59. The molecule has 0 saturated heterocycles. The van der Waals surface area contributed by atoms with E-state index < -0.39 is 10.0 Å². The molecular weight excluding hydrogens is 492 g/mol. The molecule has 1 fully saturated rings. The van der Waals surface area contributed by atoms with E-state index in [1.54, 1.807) is 11.7 Å². The first kappa shape index (κ1) is 25.1. The Bertz CT molecular complexity index is 1210. The van der Waals surface area contributed by atoms with Gasteiger partial charge in [-0.05, 0) is 70.7 Å². The van der Waals surface area contributed by atoms with E-state index in [-0.39, 0.29) is 28.8 Å². The molecule has 0 spiro atoms. The molecule has 2 aliphatic rings. The van der Waals surface area contributed by atoms with Crippen LogP contribution in [0.15, 0.2) is 11.0 Å². The van der Waals surface area contributed by atoms with Crippen molar-refractivity contribution < 1.29 is 13.2 Å². The summed E-state index contributed by atoms with van der Waals surface area (Å²) in [6, 6.07) is 1.68. The molecule has 2 aromatic rings. The molecule has 4 rings (SSSR count). The SMILES string of the molecule is Cc1cc(NC(=S)NC2CCc3sc(NC(=O)C4CC4)c(S(=O)(=O)N(C)C(C)C)c3C2)n(C)n1. The van der Waals surface area contributed by atoms with Crippen molar-refractivity contribution in [3.05, 3.63) is 22.2 Å². The van der Waals surface area contributed by atoms with Gasteiger partial charge in [0.1, 0.15) is 15.7 Å². The van der Waals surface area contributed by atoms with Crippen LogP contribution in [0.2, 0.25) is 0 Å². The van der Waals surface area contributed by atoms with E-state index in [0.717, 1.165) is 47.6 Å². The summed E-state index contributed by atoms with van der Waals surface area (Å²) in [6.45, 7) is 5.59. The first-order valence-corrected chi connectivity index (χ1v) is 14.2. The number of aromatic nitrogens is 2. The van der Waals surface area contributed by atoms with Crippen molar-refractivity contribution >= 4 is 55.4 Å². The number of amides is 1. The summed E-state index contributed by atoms with van der Waals surface area (Å²) in [5.74, 6) is 0.689. The number of hydrogen-bond acceptors (Lipinski definition) is 6. The zero-order chi connectivity index (χ0) is 24.8. The summed E-state index contributed by atoms with van der Waals surface area (Å²) < 4.78 is 30.3. The second kappa shape index (κ2) is 9.56.